The zero-order valence-electron chi connectivity index (χ0n) is 9.34. The van der Waals surface area contributed by atoms with E-state index in [9.17, 15) is 4.79 Å². The molecule has 14 heavy (non-hydrogen) atoms. The van der Waals surface area contributed by atoms with Gasteiger partial charge < -0.3 is 5.32 Å². The van der Waals surface area contributed by atoms with Crippen molar-refractivity contribution in [2.45, 2.75) is 37.8 Å². The van der Waals surface area contributed by atoms with E-state index in [0.29, 0.717) is 11.2 Å². The molecule has 0 aromatic heterocycles. The lowest BCUT2D eigenvalue weighted by atomic mass is 10.1. The van der Waals surface area contributed by atoms with Gasteiger partial charge in [-0.15, -0.1) is 0 Å². The Bertz CT molecular complexity index is 174. The molecule has 0 heterocycles. The molecule has 0 radical (unpaired) electrons. The van der Waals surface area contributed by atoms with Crippen molar-refractivity contribution in [1.29, 1.82) is 0 Å². The third kappa shape index (κ3) is 6.71. The number of alkyl halides is 1. The Labute approximate surface area is 99.7 Å². The van der Waals surface area contributed by atoms with Gasteiger partial charge >= 0.3 is 0 Å². The van der Waals surface area contributed by atoms with Gasteiger partial charge in [0.1, 0.15) is 0 Å². The number of nitrogens with one attached hydrogen (secondary N) is 1. The molecule has 4 heteroatoms. The highest BCUT2D eigenvalue weighted by Crippen LogP contribution is 2.12. The molecule has 1 atom stereocenters. The van der Waals surface area contributed by atoms with Crippen LogP contribution in [-0.4, -0.2) is 28.3 Å². The van der Waals surface area contributed by atoms with Gasteiger partial charge in [0, 0.05) is 12.3 Å². The van der Waals surface area contributed by atoms with Crippen LogP contribution in [0.15, 0.2) is 0 Å². The summed E-state index contributed by atoms with van der Waals surface area (Å²) in [4.78, 5) is 11.4. The highest BCUT2D eigenvalue weighted by atomic mass is 79.9. The van der Waals surface area contributed by atoms with E-state index in [1.165, 1.54) is 0 Å². The monoisotopic (exact) mass is 281 g/mol. The van der Waals surface area contributed by atoms with E-state index in [2.05, 4.69) is 35.1 Å². The Morgan fingerprint density at radius 1 is 1.36 bits per heavy atom. The normalized spacial score (nSPS) is 13.4. The summed E-state index contributed by atoms with van der Waals surface area (Å²) in [7, 11) is 0. The first-order valence-electron chi connectivity index (χ1n) is 4.98. The number of carbonyl (C=O) groups excluding carboxylic acids is 1. The maximum atomic E-state index is 11.5. The number of thioether (sulfide) groups is 1. The fourth-order valence-electron chi connectivity index (χ4n) is 0.869. The van der Waals surface area contributed by atoms with Crippen molar-refractivity contribution >= 4 is 33.6 Å². The maximum absolute atomic E-state index is 11.5. The van der Waals surface area contributed by atoms with E-state index in [-0.39, 0.29) is 10.7 Å². The Morgan fingerprint density at radius 3 is 2.36 bits per heavy atom. The molecule has 2 nitrogen and oxygen atoms in total. The van der Waals surface area contributed by atoms with Gasteiger partial charge in [-0.05, 0) is 11.2 Å². The van der Waals surface area contributed by atoms with E-state index in [4.69, 9.17) is 0 Å². The molecule has 0 aromatic rings. The highest BCUT2D eigenvalue weighted by molar-refractivity contribution is 9.10. The zero-order valence-corrected chi connectivity index (χ0v) is 11.7. The molecular weight excluding hydrogens is 262 g/mol. The van der Waals surface area contributed by atoms with Gasteiger partial charge in [0.25, 0.3) is 0 Å². The third-order valence-electron chi connectivity index (χ3n) is 1.69. The van der Waals surface area contributed by atoms with Crippen LogP contribution < -0.4 is 5.32 Å². The quantitative estimate of drug-likeness (QED) is 0.599. The molecule has 1 amide bonds. The van der Waals surface area contributed by atoms with Gasteiger partial charge in [-0.3, -0.25) is 4.79 Å². The lowest BCUT2D eigenvalue weighted by Gasteiger charge is -2.13. The topological polar surface area (TPSA) is 29.1 Å². The SMILES string of the molecule is CC(C)SCCNC(=O)C(Br)C(C)C. The summed E-state index contributed by atoms with van der Waals surface area (Å²) in [5.74, 6) is 1.43. The van der Waals surface area contributed by atoms with Crippen molar-refractivity contribution in [2.24, 2.45) is 5.92 Å². The standard InChI is InChI=1S/C10H20BrNOS/c1-7(2)9(11)10(13)12-5-6-14-8(3)4/h7-9H,5-6H2,1-4H3,(H,12,13). The summed E-state index contributed by atoms with van der Waals surface area (Å²) in [5.41, 5.74) is 0. The summed E-state index contributed by atoms with van der Waals surface area (Å²) in [6, 6.07) is 0. The number of halogens is 1. The molecule has 0 rings (SSSR count). The number of rotatable bonds is 6. The molecule has 0 aliphatic rings. The zero-order chi connectivity index (χ0) is 11.1. The lowest BCUT2D eigenvalue weighted by molar-refractivity contribution is -0.120. The fraction of sp³-hybridized carbons (Fsp3) is 0.900. The smallest absolute Gasteiger partial charge is 0.234 e. The fourth-order valence-corrected chi connectivity index (χ4v) is 1.72. The van der Waals surface area contributed by atoms with Crippen molar-refractivity contribution in [3.05, 3.63) is 0 Å². The van der Waals surface area contributed by atoms with Crippen molar-refractivity contribution in [3.8, 4) is 0 Å². The molecule has 0 bridgehead atoms. The molecule has 0 aliphatic heterocycles. The predicted molar refractivity (Wildman–Crippen MR) is 68.2 cm³/mol. The van der Waals surface area contributed by atoms with Crippen LogP contribution in [-0.2, 0) is 4.79 Å². The van der Waals surface area contributed by atoms with Gasteiger partial charge in [0.05, 0.1) is 4.83 Å². The lowest BCUT2D eigenvalue weighted by Crippen LogP contribution is -2.35. The molecule has 1 N–H and O–H groups in total. The molecule has 84 valence electrons. The minimum atomic E-state index is -0.0634. The summed E-state index contributed by atoms with van der Waals surface area (Å²) >= 11 is 5.23. The highest BCUT2D eigenvalue weighted by Gasteiger charge is 2.17. The number of hydrogen-bond acceptors (Lipinski definition) is 2. The Morgan fingerprint density at radius 2 is 1.93 bits per heavy atom. The number of hydrogen-bond donors (Lipinski definition) is 1. The van der Waals surface area contributed by atoms with Crippen LogP contribution in [0.25, 0.3) is 0 Å². The molecule has 0 saturated heterocycles. The third-order valence-corrected chi connectivity index (χ3v) is 4.27. The summed E-state index contributed by atoms with van der Waals surface area (Å²) < 4.78 is 0. The molecule has 0 aromatic carbocycles. The molecule has 0 aliphatic carbocycles. The summed E-state index contributed by atoms with van der Waals surface area (Å²) in [6.45, 7) is 9.14. The van der Waals surface area contributed by atoms with Gasteiger partial charge in [-0.1, -0.05) is 43.6 Å². The van der Waals surface area contributed by atoms with Crippen LogP contribution in [0.1, 0.15) is 27.7 Å². The van der Waals surface area contributed by atoms with Crippen LogP contribution in [0.5, 0.6) is 0 Å². The summed E-state index contributed by atoms with van der Waals surface area (Å²) in [6.07, 6.45) is 0. The van der Waals surface area contributed by atoms with Crippen molar-refractivity contribution in [2.75, 3.05) is 12.3 Å². The van der Waals surface area contributed by atoms with Crippen LogP contribution in [0, 0.1) is 5.92 Å². The van der Waals surface area contributed by atoms with Crippen LogP contribution >= 0.6 is 27.7 Å². The first-order valence-corrected chi connectivity index (χ1v) is 6.95. The largest absolute Gasteiger partial charge is 0.354 e. The Kier molecular flexibility index (Phi) is 7.74. The molecule has 0 saturated carbocycles. The van der Waals surface area contributed by atoms with Crippen LogP contribution in [0.2, 0.25) is 0 Å². The van der Waals surface area contributed by atoms with E-state index in [0.717, 1.165) is 12.3 Å². The molecule has 0 spiro atoms. The second-order valence-electron chi connectivity index (χ2n) is 3.86. The van der Waals surface area contributed by atoms with Crippen molar-refractivity contribution in [1.82, 2.24) is 5.32 Å². The van der Waals surface area contributed by atoms with Gasteiger partial charge in [-0.2, -0.15) is 11.8 Å². The first-order chi connectivity index (χ1) is 6.45. The van der Waals surface area contributed by atoms with Gasteiger partial charge in [-0.25, -0.2) is 0 Å². The minimum absolute atomic E-state index is 0.0634. The number of carbonyl (C=O) groups is 1. The van der Waals surface area contributed by atoms with Crippen LogP contribution in [0.3, 0.4) is 0 Å². The Hall–Kier alpha value is 0.300. The first kappa shape index (κ1) is 14.3. The van der Waals surface area contributed by atoms with E-state index in [1.54, 1.807) is 0 Å². The molecule has 1 unspecified atom stereocenters. The van der Waals surface area contributed by atoms with E-state index < -0.39 is 0 Å². The molecule has 0 fully saturated rings. The average molecular weight is 282 g/mol. The molecular formula is C10H20BrNOS. The predicted octanol–water partition coefficient (Wildman–Crippen LogP) is 2.66. The second kappa shape index (κ2) is 7.57. The minimum Gasteiger partial charge on any atom is -0.354 e. The van der Waals surface area contributed by atoms with E-state index in [1.807, 2.05) is 25.6 Å². The maximum Gasteiger partial charge on any atom is 0.234 e. The van der Waals surface area contributed by atoms with Crippen molar-refractivity contribution < 1.29 is 4.79 Å². The van der Waals surface area contributed by atoms with Crippen molar-refractivity contribution in [3.63, 3.8) is 0 Å². The second-order valence-corrected chi connectivity index (χ2v) is 6.53. The van der Waals surface area contributed by atoms with Gasteiger partial charge in [0.15, 0.2) is 0 Å². The number of amides is 1. The van der Waals surface area contributed by atoms with E-state index >= 15 is 0 Å². The Balaban J connectivity index is 3.54. The summed E-state index contributed by atoms with van der Waals surface area (Å²) in [5, 5.41) is 3.55. The average Bonchev–Trinajstić information content (AvgIpc) is 2.10. The van der Waals surface area contributed by atoms with Crippen LogP contribution in [0.4, 0.5) is 0 Å². The van der Waals surface area contributed by atoms with Gasteiger partial charge in [0.2, 0.25) is 5.91 Å².